The molecule has 0 spiro atoms. The van der Waals surface area contributed by atoms with Gasteiger partial charge < -0.3 is 14.4 Å². The van der Waals surface area contributed by atoms with Gasteiger partial charge in [0.05, 0.1) is 0 Å². The quantitative estimate of drug-likeness (QED) is 0.649. The molecule has 1 aromatic carbocycles. The van der Waals surface area contributed by atoms with Crippen LogP contribution in [0.25, 0.3) is 10.9 Å². The molecule has 2 heterocycles. The third kappa shape index (κ3) is 3.49. The van der Waals surface area contributed by atoms with Crippen LogP contribution in [0.15, 0.2) is 35.0 Å². The minimum Gasteiger partial charge on any atom is -0.354 e. The van der Waals surface area contributed by atoms with E-state index in [1.165, 1.54) is 6.92 Å². The molecule has 1 N–H and O–H groups in total. The van der Waals surface area contributed by atoms with Crippen molar-refractivity contribution in [2.45, 2.75) is 45.1 Å². The highest BCUT2D eigenvalue weighted by Crippen LogP contribution is 2.38. The van der Waals surface area contributed by atoms with Crippen molar-refractivity contribution in [1.82, 2.24) is 20.0 Å². The fourth-order valence-electron chi connectivity index (χ4n) is 3.25. The molecule has 1 fully saturated rings. The molecule has 1 amide bonds. The molecule has 0 radical (unpaired) electrons. The Kier molecular flexibility index (Phi) is 4.51. The van der Waals surface area contributed by atoms with E-state index in [2.05, 4.69) is 15.5 Å². The number of para-hydroxylation sites is 1. The zero-order chi connectivity index (χ0) is 19.0. The van der Waals surface area contributed by atoms with Crippen LogP contribution >= 0.6 is 0 Å². The van der Waals surface area contributed by atoms with E-state index in [4.69, 9.17) is 4.52 Å². The summed E-state index contributed by atoms with van der Waals surface area (Å²) < 4.78 is 7.07. The molecule has 0 bridgehead atoms. The number of fused-ring (bicyclic) bond motifs is 1. The first-order chi connectivity index (χ1) is 13.0. The van der Waals surface area contributed by atoms with Crippen LogP contribution in [0, 0.1) is 0 Å². The van der Waals surface area contributed by atoms with Crippen LogP contribution in [0.2, 0.25) is 0 Å². The number of ketones is 1. The molecule has 7 heteroatoms. The second-order valence-electron chi connectivity index (χ2n) is 7.06. The van der Waals surface area contributed by atoms with Crippen LogP contribution in [0.5, 0.6) is 0 Å². The Morgan fingerprint density at radius 1 is 1.33 bits per heavy atom. The van der Waals surface area contributed by atoms with Crippen LogP contribution in [0.3, 0.4) is 0 Å². The van der Waals surface area contributed by atoms with Crippen LogP contribution < -0.4 is 5.32 Å². The number of hydrogen-bond acceptors (Lipinski definition) is 5. The highest BCUT2D eigenvalue weighted by Gasteiger charge is 2.28. The van der Waals surface area contributed by atoms with Crippen LogP contribution in [0.4, 0.5) is 0 Å². The largest absolute Gasteiger partial charge is 0.354 e. The van der Waals surface area contributed by atoms with Crippen molar-refractivity contribution >= 4 is 22.6 Å². The van der Waals surface area contributed by atoms with E-state index in [0.29, 0.717) is 30.3 Å². The van der Waals surface area contributed by atoms with E-state index in [-0.39, 0.29) is 11.7 Å². The van der Waals surface area contributed by atoms with E-state index >= 15 is 0 Å². The number of carbonyl (C=O) groups excluding carboxylic acids is 2. The van der Waals surface area contributed by atoms with Gasteiger partial charge in [0.25, 0.3) is 0 Å². The minimum absolute atomic E-state index is 0.0135. The normalized spacial score (nSPS) is 15.0. The molecule has 140 valence electrons. The molecule has 3 aromatic rings. The molecule has 1 unspecified atom stereocenters. The average Bonchev–Trinajstić information content (AvgIpc) is 3.27. The van der Waals surface area contributed by atoms with E-state index in [0.717, 1.165) is 29.6 Å². The highest BCUT2D eigenvalue weighted by atomic mass is 16.5. The van der Waals surface area contributed by atoms with Crippen molar-refractivity contribution in [2.24, 2.45) is 0 Å². The summed E-state index contributed by atoms with van der Waals surface area (Å²) in [4.78, 5) is 28.9. The van der Waals surface area contributed by atoms with Crippen molar-refractivity contribution in [2.75, 3.05) is 6.54 Å². The van der Waals surface area contributed by atoms with Gasteiger partial charge in [-0.1, -0.05) is 23.4 Å². The number of amides is 1. The maximum Gasteiger partial charge on any atom is 0.242 e. The molecule has 1 aliphatic carbocycles. The van der Waals surface area contributed by atoms with E-state index in [9.17, 15) is 9.59 Å². The second kappa shape index (κ2) is 6.98. The van der Waals surface area contributed by atoms with Crippen molar-refractivity contribution in [3.63, 3.8) is 0 Å². The van der Waals surface area contributed by atoms with Crippen LogP contribution in [0.1, 0.15) is 60.7 Å². The van der Waals surface area contributed by atoms with Gasteiger partial charge in [-0.3, -0.25) is 9.59 Å². The maximum absolute atomic E-state index is 12.6. The number of hydrogen-bond donors (Lipinski definition) is 1. The van der Waals surface area contributed by atoms with E-state index in [1.807, 2.05) is 35.8 Å². The van der Waals surface area contributed by atoms with Crippen molar-refractivity contribution in [3.8, 4) is 0 Å². The summed E-state index contributed by atoms with van der Waals surface area (Å²) in [6, 6.07) is 7.18. The predicted octanol–water partition coefficient (Wildman–Crippen LogP) is 3.02. The third-order valence-corrected chi connectivity index (χ3v) is 4.98. The van der Waals surface area contributed by atoms with Gasteiger partial charge in [0.2, 0.25) is 11.8 Å². The Hall–Kier alpha value is -2.96. The van der Waals surface area contributed by atoms with Crippen molar-refractivity contribution in [3.05, 3.63) is 47.7 Å². The smallest absolute Gasteiger partial charge is 0.242 e. The molecular formula is C20H22N4O3. The van der Waals surface area contributed by atoms with E-state index in [1.54, 1.807) is 6.20 Å². The topological polar surface area (TPSA) is 90.0 Å². The standard InChI is InChI=1S/C20H22N4O3/c1-12(24-11-16(13(2)25)15-5-3-4-6-17(15)24)20(26)21-10-9-18-22-19(23-27-18)14-7-8-14/h3-6,11-12,14H,7-10H2,1-2H3,(H,21,26). The molecular weight excluding hydrogens is 344 g/mol. The average molecular weight is 366 g/mol. The van der Waals surface area contributed by atoms with Crippen LogP contribution in [-0.2, 0) is 11.2 Å². The lowest BCUT2D eigenvalue weighted by Gasteiger charge is -2.15. The zero-order valence-electron chi connectivity index (χ0n) is 15.4. The van der Waals surface area contributed by atoms with Gasteiger partial charge in [-0.2, -0.15) is 4.98 Å². The van der Waals surface area contributed by atoms with Gasteiger partial charge in [-0.25, -0.2) is 0 Å². The molecule has 1 saturated carbocycles. The maximum atomic E-state index is 12.6. The lowest BCUT2D eigenvalue weighted by Crippen LogP contribution is -2.32. The first-order valence-electron chi connectivity index (χ1n) is 9.25. The number of aromatic nitrogens is 3. The lowest BCUT2D eigenvalue weighted by molar-refractivity contribution is -0.123. The minimum atomic E-state index is -0.437. The highest BCUT2D eigenvalue weighted by molar-refractivity contribution is 6.07. The third-order valence-electron chi connectivity index (χ3n) is 4.98. The second-order valence-corrected chi connectivity index (χ2v) is 7.06. The summed E-state index contributed by atoms with van der Waals surface area (Å²) in [5, 5.41) is 7.76. The zero-order valence-corrected chi connectivity index (χ0v) is 15.4. The van der Waals surface area contributed by atoms with Gasteiger partial charge in [-0.15, -0.1) is 0 Å². The van der Waals surface area contributed by atoms with Gasteiger partial charge in [0.1, 0.15) is 6.04 Å². The predicted molar refractivity (Wildman–Crippen MR) is 99.6 cm³/mol. The number of benzene rings is 1. The van der Waals surface area contributed by atoms with Gasteiger partial charge >= 0.3 is 0 Å². The molecule has 7 nitrogen and oxygen atoms in total. The Morgan fingerprint density at radius 3 is 2.85 bits per heavy atom. The van der Waals surface area contributed by atoms with Gasteiger partial charge in [-0.05, 0) is 32.8 Å². The molecule has 2 aromatic heterocycles. The Balaban J connectivity index is 1.42. The summed E-state index contributed by atoms with van der Waals surface area (Å²) >= 11 is 0. The summed E-state index contributed by atoms with van der Waals surface area (Å²) in [5.74, 6) is 1.65. The first-order valence-corrected chi connectivity index (χ1v) is 9.25. The van der Waals surface area contributed by atoms with Crippen molar-refractivity contribution < 1.29 is 14.1 Å². The molecule has 27 heavy (non-hydrogen) atoms. The first kappa shape index (κ1) is 17.5. The fourth-order valence-corrected chi connectivity index (χ4v) is 3.25. The number of carbonyl (C=O) groups is 2. The number of rotatable bonds is 7. The summed E-state index contributed by atoms with van der Waals surface area (Å²) in [6.07, 6.45) is 4.51. The molecule has 1 atom stereocenters. The molecule has 0 saturated heterocycles. The Bertz CT molecular complexity index is 1000. The fraction of sp³-hybridized carbons (Fsp3) is 0.400. The molecule has 1 aliphatic rings. The number of nitrogens with one attached hydrogen (secondary N) is 1. The lowest BCUT2D eigenvalue weighted by atomic mass is 10.1. The SMILES string of the molecule is CC(=O)c1cn(C(C)C(=O)NCCc2nc(C3CC3)no2)c2ccccc12. The number of nitrogens with zero attached hydrogens (tertiary/aromatic N) is 3. The Morgan fingerprint density at radius 2 is 2.11 bits per heavy atom. The van der Waals surface area contributed by atoms with Gasteiger partial charge in [0.15, 0.2) is 11.6 Å². The van der Waals surface area contributed by atoms with Crippen molar-refractivity contribution in [1.29, 1.82) is 0 Å². The van der Waals surface area contributed by atoms with E-state index < -0.39 is 6.04 Å². The number of Topliss-reactive ketones (excluding diaryl/α,β-unsaturated/α-hetero) is 1. The molecule has 4 rings (SSSR count). The summed E-state index contributed by atoms with van der Waals surface area (Å²) in [5.41, 5.74) is 1.50. The van der Waals surface area contributed by atoms with Crippen LogP contribution in [-0.4, -0.2) is 32.9 Å². The Labute approximate surface area is 156 Å². The summed E-state index contributed by atoms with van der Waals surface area (Å²) in [7, 11) is 0. The van der Waals surface area contributed by atoms with Gasteiger partial charge in [0, 0.05) is 41.5 Å². The monoisotopic (exact) mass is 366 g/mol. The summed E-state index contributed by atoms with van der Waals surface area (Å²) in [6.45, 7) is 3.79. The molecule has 0 aliphatic heterocycles.